The summed E-state index contributed by atoms with van der Waals surface area (Å²) in [6.45, 7) is 8.19. The van der Waals surface area contributed by atoms with Crippen molar-refractivity contribution in [2.75, 3.05) is 32.6 Å². The molecule has 0 radical (unpaired) electrons. The summed E-state index contributed by atoms with van der Waals surface area (Å²) in [4.78, 5) is 35.9. The molecule has 2 amide bonds. The minimum atomic E-state index is -0.422. The number of nitrogens with zero attached hydrogens (tertiary/aromatic N) is 3. The number of benzene rings is 2. The molecule has 1 fully saturated rings. The Hall–Kier alpha value is -4.09. The van der Waals surface area contributed by atoms with Crippen LogP contribution in [-0.2, 0) is 16.0 Å². The van der Waals surface area contributed by atoms with E-state index in [-0.39, 0.29) is 22.6 Å². The van der Waals surface area contributed by atoms with Crippen LogP contribution in [0.15, 0.2) is 68.6 Å². The number of nitrogens with two attached hydrogens (primary N) is 2. The van der Waals surface area contributed by atoms with Crippen LogP contribution in [0.4, 0.5) is 5.69 Å². The number of thioether (sulfide) groups is 1. The molecule has 10 nitrogen and oxygen atoms in total. The highest BCUT2D eigenvalue weighted by atomic mass is 32.2. The second kappa shape index (κ2) is 16.1. The molecule has 1 unspecified atom stereocenters. The fraction of sp³-hybridized carbons (Fsp3) is 0.310. The topological polar surface area (TPSA) is 156 Å². The van der Waals surface area contributed by atoms with Crippen LogP contribution in [0, 0.1) is 13.8 Å². The summed E-state index contributed by atoms with van der Waals surface area (Å²) in [5.74, 6) is 0.491. The molecule has 3 rings (SSSR count). The first kappa shape index (κ1) is 32.1. The number of anilines is 1. The molecule has 0 saturated carbocycles. The molecule has 0 aliphatic carbocycles. The molecule has 1 heterocycles. The van der Waals surface area contributed by atoms with E-state index < -0.39 is 5.91 Å². The fourth-order valence-corrected chi connectivity index (χ4v) is 4.59. The van der Waals surface area contributed by atoms with Gasteiger partial charge in [-0.1, -0.05) is 30.0 Å². The molecule has 1 aliphatic heterocycles. The second-order valence-electron chi connectivity index (χ2n) is 8.81. The highest BCUT2D eigenvalue weighted by Gasteiger charge is 2.25. The largest absolute Gasteiger partial charge is 0.508 e. The quantitative estimate of drug-likeness (QED) is 0.253. The number of aromatic hydroxyl groups is 1. The average molecular weight is 567 g/mol. The summed E-state index contributed by atoms with van der Waals surface area (Å²) in [7, 11) is 3.11. The van der Waals surface area contributed by atoms with E-state index in [0.717, 1.165) is 35.1 Å². The highest BCUT2D eigenvalue weighted by molar-refractivity contribution is 8.07. The lowest BCUT2D eigenvalue weighted by atomic mass is 10.1. The molecule has 40 heavy (non-hydrogen) atoms. The van der Waals surface area contributed by atoms with E-state index >= 15 is 0 Å². The van der Waals surface area contributed by atoms with Gasteiger partial charge in [0.1, 0.15) is 11.5 Å². The Morgan fingerprint density at radius 3 is 2.58 bits per heavy atom. The SMILES string of the molecule is C=N/C=C(\S/C(N)=C/C=NC1CCN(C(=O)Cc2ccc(OC)cc2)C1)C(=O)Nc1c(C)ccc(O)c1C.CN. The number of carbonyl (C=O) groups is 2. The second-order valence-corrected chi connectivity index (χ2v) is 9.92. The standard InChI is InChI=1S/C28H33N5O4S.CH5N/c1-18-5-10-23(34)19(2)27(18)32-28(36)24(16-30-3)38-25(29)11-13-31-21-12-14-33(17-21)26(35)15-20-6-8-22(37-4)9-7-20;1-2/h5-11,13,16,21,34H,3,12,14-15,17,29H2,1-2,4H3,(H,32,36);2H2,1H3/b24-16-,25-11+,31-13?;. The minimum absolute atomic E-state index is 0.0197. The number of hydrogen-bond donors (Lipinski definition) is 4. The number of allylic oxidation sites excluding steroid dienone is 1. The van der Waals surface area contributed by atoms with Gasteiger partial charge in [0.05, 0.1) is 35.2 Å². The third-order valence-electron chi connectivity index (χ3n) is 6.11. The van der Waals surface area contributed by atoms with E-state index in [4.69, 9.17) is 10.5 Å². The van der Waals surface area contributed by atoms with Crippen LogP contribution in [0.2, 0.25) is 0 Å². The van der Waals surface area contributed by atoms with Gasteiger partial charge < -0.3 is 31.5 Å². The van der Waals surface area contributed by atoms with Gasteiger partial charge in [-0.05, 0) is 69.4 Å². The average Bonchev–Trinajstić information content (AvgIpc) is 3.43. The van der Waals surface area contributed by atoms with E-state index in [0.29, 0.717) is 35.8 Å². The maximum absolute atomic E-state index is 12.9. The van der Waals surface area contributed by atoms with Crippen molar-refractivity contribution >= 4 is 42.2 Å². The predicted molar refractivity (Wildman–Crippen MR) is 164 cm³/mol. The van der Waals surface area contributed by atoms with Crippen LogP contribution >= 0.6 is 11.8 Å². The van der Waals surface area contributed by atoms with Gasteiger partial charge in [-0.25, -0.2) is 0 Å². The van der Waals surface area contributed by atoms with Crippen molar-refractivity contribution < 1.29 is 19.4 Å². The molecule has 1 aliphatic rings. The van der Waals surface area contributed by atoms with Crippen molar-refractivity contribution in [2.24, 2.45) is 21.5 Å². The lowest BCUT2D eigenvalue weighted by Crippen LogP contribution is -2.30. The Balaban J connectivity index is 0.00000274. The number of methoxy groups -OCH3 is 1. The van der Waals surface area contributed by atoms with Gasteiger partial charge in [0.2, 0.25) is 5.91 Å². The van der Waals surface area contributed by atoms with E-state index in [1.165, 1.54) is 13.2 Å². The first-order valence-corrected chi connectivity index (χ1v) is 13.4. The van der Waals surface area contributed by atoms with Gasteiger partial charge >= 0.3 is 0 Å². The Labute approximate surface area is 239 Å². The van der Waals surface area contributed by atoms with Gasteiger partial charge in [-0.15, -0.1) is 0 Å². The van der Waals surface area contributed by atoms with Crippen molar-refractivity contribution in [3.8, 4) is 11.5 Å². The molecule has 2 aromatic rings. The molecule has 11 heteroatoms. The zero-order chi connectivity index (χ0) is 29.7. The van der Waals surface area contributed by atoms with Gasteiger partial charge in [0.15, 0.2) is 0 Å². The molecular weight excluding hydrogens is 528 g/mol. The normalized spacial score (nSPS) is 15.4. The smallest absolute Gasteiger partial charge is 0.264 e. The summed E-state index contributed by atoms with van der Waals surface area (Å²) >= 11 is 1.03. The zero-order valence-corrected chi connectivity index (χ0v) is 24.2. The number of likely N-dealkylation sites (tertiary alicyclic amines) is 1. The third-order valence-corrected chi connectivity index (χ3v) is 6.99. The molecule has 1 saturated heterocycles. The number of carbonyl (C=O) groups excluding carboxylic acids is 2. The number of nitrogens with one attached hydrogen (secondary N) is 1. The third kappa shape index (κ3) is 9.28. The van der Waals surface area contributed by atoms with Gasteiger partial charge in [-0.3, -0.25) is 19.6 Å². The Morgan fingerprint density at radius 2 is 1.93 bits per heavy atom. The number of aliphatic imine (C=N–C) groups is 2. The number of hydrogen-bond acceptors (Lipinski definition) is 9. The summed E-state index contributed by atoms with van der Waals surface area (Å²) < 4.78 is 5.16. The number of aryl methyl sites for hydroxylation is 1. The molecular formula is C29H38N6O4S. The molecule has 6 N–H and O–H groups in total. The van der Waals surface area contributed by atoms with Crippen LogP contribution < -0.4 is 21.5 Å². The van der Waals surface area contributed by atoms with E-state index in [9.17, 15) is 14.7 Å². The van der Waals surface area contributed by atoms with Crippen molar-refractivity contribution in [2.45, 2.75) is 32.7 Å². The number of rotatable bonds is 10. The van der Waals surface area contributed by atoms with E-state index in [2.05, 4.69) is 27.8 Å². The highest BCUT2D eigenvalue weighted by Crippen LogP contribution is 2.30. The van der Waals surface area contributed by atoms with Gasteiger partial charge in [-0.2, -0.15) is 0 Å². The Morgan fingerprint density at radius 1 is 1.23 bits per heavy atom. The molecule has 0 bridgehead atoms. The zero-order valence-electron chi connectivity index (χ0n) is 23.4. The molecule has 2 aromatic carbocycles. The molecule has 1 atom stereocenters. The number of phenolic OH excluding ortho intramolecular Hbond substituents is 1. The van der Waals surface area contributed by atoms with Crippen LogP contribution in [0.5, 0.6) is 11.5 Å². The molecule has 0 spiro atoms. The van der Waals surface area contributed by atoms with Crippen LogP contribution in [-0.4, -0.2) is 68.0 Å². The lowest BCUT2D eigenvalue weighted by Gasteiger charge is -2.15. The number of ether oxygens (including phenoxy) is 1. The van der Waals surface area contributed by atoms with E-state index in [1.54, 1.807) is 38.5 Å². The Bertz CT molecular complexity index is 1270. The minimum Gasteiger partial charge on any atom is -0.508 e. The molecule has 214 valence electrons. The van der Waals surface area contributed by atoms with Crippen LogP contribution in [0.1, 0.15) is 23.1 Å². The van der Waals surface area contributed by atoms with Gasteiger partial charge in [0.25, 0.3) is 5.91 Å². The number of phenols is 1. The maximum Gasteiger partial charge on any atom is 0.264 e. The summed E-state index contributed by atoms with van der Waals surface area (Å²) in [6, 6.07) is 10.8. The van der Waals surface area contributed by atoms with Gasteiger partial charge in [0, 0.05) is 31.1 Å². The maximum atomic E-state index is 12.9. The number of amides is 2. The first-order chi connectivity index (χ1) is 19.2. The lowest BCUT2D eigenvalue weighted by molar-refractivity contribution is -0.129. The predicted octanol–water partition coefficient (Wildman–Crippen LogP) is 3.52. The van der Waals surface area contributed by atoms with Crippen LogP contribution in [0.25, 0.3) is 0 Å². The summed E-state index contributed by atoms with van der Waals surface area (Å²) in [5.41, 5.74) is 13.5. The summed E-state index contributed by atoms with van der Waals surface area (Å²) in [5, 5.41) is 13.1. The van der Waals surface area contributed by atoms with E-state index in [1.807, 2.05) is 36.1 Å². The van der Waals surface area contributed by atoms with Crippen molar-refractivity contribution in [3.63, 3.8) is 0 Å². The Kier molecular flexibility index (Phi) is 12.9. The first-order valence-electron chi connectivity index (χ1n) is 12.6. The molecule has 0 aromatic heterocycles. The monoisotopic (exact) mass is 566 g/mol. The fourth-order valence-electron chi connectivity index (χ4n) is 3.94. The van der Waals surface area contributed by atoms with Crippen molar-refractivity contribution in [1.82, 2.24) is 4.90 Å². The summed E-state index contributed by atoms with van der Waals surface area (Å²) in [6.07, 6.45) is 5.64. The van der Waals surface area contributed by atoms with Crippen LogP contribution in [0.3, 0.4) is 0 Å². The van der Waals surface area contributed by atoms with Crippen molar-refractivity contribution in [3.05, 3.63) is 75.3 Å². The van der Waals surface area contributed by atoms with Crippen molar-refractivity contribution in [1.29, 1.82) is 0 Å².